The molecule has 0 fully saturated rings. The number of hydrogen-bond acceptors (Lipinski definition) is 4. The minimum absolute atomic E-state index is 0.0462. The third kappa shape index (κ3) is 3.89. The molecule has 0 bridgehead atoms. The second kappa shape index (κ2) is 5.27. The van der Waals surface area contributed by atoms with Crippen LogP contribution >= 0.6 is 11.3 Å². The third-order valence-corrected chi connectivity index (χ3v) is 3.79. The average molecular weight is 254 g/mol. The molecule has 1 aromatic rings. The lowest BCUT2D eigenvalue weighted by Gasteiger charge is -2.15. The molecule has 1 aromatic heterocycles. The van der Waals surface area contributed by atoms with E-state index in [1.807, 2.05) is 19.2 Å². The van der Waals surface area contributed by atoms with E-state index in [0.717, 1.165) is 10.7 Å². The first-order valence-electron chi connectivity index (χ1n) is 5.95. The fourth-order valence-electron chi connectivity index (χ4n) is 1.34. The van der Waals surface area contributed by atoms with Crippen molar-refractivity contribution in [1.29, 1.82) is 0 Å². The monoisotopic (exact) mass is 254 g/mol. The molecule has 2 unspecified atom stereocenters. The van der Waals surface area contributed by atoms with Crippen molar-refractivity contribution in [2.24, 2.45) is 11.7 Å². The molecule has 0 aliphatic rings. The molecule has 0 spiro atoms. The Morgan fingerprint density at radius 2 is 2.06 bits per heavy atom. The van der Waals surface area contributed by atoms with E-state index >= 15 is 0 Å². The topological polar surface area (TPSA) is 56.0 Å². The number of thiazole rings is 1. The highest BCUT2D eigenvalue weighted by Gasteiger charge is 2.21. The van der Waals surface area contributed by atoms with Crippen molar-refractivity contribution >= 4 is 17.1 Å². The van der Waals surface area contributed by atoms with Crippen LogP contribution in [0, 0.1) is 5.92 Å². The van der Waals surface area contributed by atoms with Gasteiger partial charge in [-0.1, -0.05) is 27.7 Å². The summed E-state index contributed by atoms with van der Waals surface area (Å²) >= 11 is 1.56. The first kappa shape index (κ1) is 14.3. The van der Waals surface area contributed by atoms with E-state index in [0.29, 0.717) is 6.42 Å². The second-order valence-electron chi connectivity index (χ2n) is 5.67. The molecule has 0 aromatic carbocycles. The summed E-state index contributed by atoms with van der Waals surface area (Å²) in [6, 6.07) is -0.0930. The van der Waals surface area contributed by atoms with Crippen LogP contribution < -0.4 is 5.73 Å². The molecule has 3 nitrogen and oxygen atoms in total. The SMILES string of the molecule is CC(N)C(C)C(=O)Cc1nc(C(C)(C)C)cs1. The van der Waals surface area contributed by atoms with E-state index < -0.39 is 0 Å². The van der Waals surface area contributed by atoms with Gasteiger partial charge in [-0.05, 0) is 6.92 Å². The molecule has 0 aliphatic heterocycles. The number of aromatic nitrogens is 1. The molecule has 1 heterocycles. The predicted octanol–water partition coefficient (Wildman–Crippen LogP) is 2.54. The van der Waals surface area contributed by atoms with E-state index in [4.69, 9.17) is 5.73 Å². The van der Waals surface area contributed by atoms with Crippen molar-refractivity contribution in [1.82, 2.24) is 4.98 Å². The number of rotatable bonds is 4. The van der Waals surface area contributed by atoms with E-state index in [1.54, 1.807) is 11.3 Å². The van der Waals surface area contributed by atoms with Crippen molar-refractivity contribution in [2.75, 3.05) is 0 Å². The molecule has 0 radical (unpaired) electrons. The molecule has 0 saturated heterocycles. The highest BCUT2D eigenvalue weighted by atomic mass is 32.1. The van der Waals surface area contributed by atoms with Gasteiger partial charge >= 0.3 is 0 Å². The Morgan fingerprint density at radius 1 is 1.47 bits per heavy atom. The van der Waals surface area contributed by atoms with Gasteiger partial charge in [0.05, 0.1) is 12.1 Å². The number of ketones is 1. The van der Waals surface area contributed by atoms with Crippen LogP contribution in [-0.2, 0) is 16.6 Å². The van der Waals surface area contributed by atoms with Crippen molar-refractivity contribution in [3.8, 4) is 0 Å². The predicted molar refractivity (Wildman–Crippen MR) is 72.3 cm³/mol. The Balaban J connectivity index is 2.71. The molecule has 2 atom stereocenters. The van der Waals surface area contributed by atoms with E-state index in [9.17, 15) is 4.79 Å². The van der Waals surface area contributed by atoms with Crippen molar-refractivity contribution in [3.05, 3.63) is 16.1 Å². The zero-order valence-electron chi connectivity index (χ0n) is 11.3. The first-order chi connectivity index (χ1) is 7.71. The van der Waals surface area contributed by atoms with Gasteiger partial charge in [-0.15, -0.1) is 11.3 Å². The fourth-order valence-corrected chi connectivity index (χ4v) is 2.37. The smallest absolute Gasteiger partial charge is 0.144 e. The highest BCUT2D eigenvalue weighted by Crippen LogP contribution is 2.24. The van der Waals surface area contributed by atoms with Crippen LogP contribution in [0.4, 0.5) is 0 Å². The molecule has 17 heavy (non-hydrogen) atoms. The van der Waals surface area contributed by atoms with Gasteiger partial charge in [-0.2, -0.15) is 0 Å². The molecule has 2 N–H and O–H groups in total. The Hall–Kier alpha value is -0.740. The summed E-state index contributed by atoms with van der Waals surface area (Å²) in [4.78, 5) is 16.4. The average Bonchev–Trinajstić information content (AvgIpc) is 2.64. The quantitative estimate of drug-likeness (QED) is 0.898. The minimum atomic E-state index is -0.100. The Kier molecular flexibility index (Phi) is 4.44. The minimum Gasteiger partial charge on any atom is -0.327 e. The summed E-state index contributed by atoms with van der Waals surface area (Å²) in [6.07, 6.45) is 0.406. The fraction of sp³-hybridized carbons (Fsp3) is 0.692. The van der Waals surface area contributed by atoms with Crippen LogP contribution in [0.3, 0.4) is 0 Å². The third-order valence-electron chi connectivity index (χ3n) is 2.94. The number of hydrogen-bond donors (Lipinski definition) is 1. The van der Waals surface area contributed by atoms with Crippen molar-refractivity contribution in [3.63, 3.8) is 0 Å². The number of carbonyl (C=O) groups is 1. The van der Waals surface area contributed by atoms with E-state index in [1.165, 1.54) is 0 Å². The molecule has 4 heteroatoms. The summed E-state index contributed by atoms with van der Waals surface area (Å²) in [5, 5.41) is 2.94. The zero-order valence-corrected chi connectivity index (χ0v) is 12.1. The van der Waals surface area contributed by atoms with Gasteiger partial charge in [0.2, 0.25) is 0 Å². The van der Waals surface area contributed by atoms with Gasteiger partial charge < -0.3 is 5.73 Å². The molecule has 0 amide bonds. The number of nitrogens with two attached hydrogens (primary N) is 1. The van der Waals surface area contributed by atoms with Crippen LogP contribution in [0.15, 0.2) is 5.38 Å². The maximum Gasteiger partial charge on any atom is 0.144 e. The second-order valence-corrected chi connectivity index (χ2v) is 6.61. The Morgan fingerprint density at radius 3 is 2.47 bits per heavy atom. The molecule has 96 valence electrons. The molecular formula is C13H22N2OS. The van der Waals surface area contributed by atoms with Gasteiger partial charge in [0, 0.05) is 22.8 Å². The van der Waals surface area contributed by atoms with Gasteiger partial charge in [0.25, 0.3) is 0 Å². The molecule has 1 rings (SSSR count). The lowest BCUT2D eigenvalue weighted by molar-refractivity contribution is -0.122. The van der Waals surface area contributed by atoms with Gasteiger partial charge in [0.1, 0.15) is 10.8 Å². The molecule has 0 saturated carbocycles. The summed E-state index contributed by atoms with van der Waals surface area (Å²) in [6.45, 7) is 10.1. The summed E-state index contributed by atoms with van der Waals surface area (Å²) in [5.74, 6) is 0.0757. The van der Waals surface area contributed by atoms with E-state index in [-0.39, 0.29) is 23.2 Å². The van der Waals surface area contributed by atoms with Gasteiger partial charge in [-0.3, -0.25) is 4.79 Å². The van der Waals surface area contributed by atoms with Crippen LogP contribution in [0.5, 0.6) is 0 Å². The Bertz CT molecular complexity index is 390. The number of Topliss-reactive ketones (excluding diaryl/α,β-unsaturated/α-hetero) is 1. The molecule has 0 aliphatic carbocycles. The first-order valence-corrected chi connectivity index (χ1v) is 6.83. The lowest BCUT2D eigenvalue weighted by atomic mass is 9.93. The zero-order chi connectivity index (χ0) is 13.2. The van der Waals surface area contributed by atoms with Gasteiger partial charge in [0.15, 0.2) is 0 Å². The van der Waals surface area contributed by atoms with Crippen LogP contribution in [0.25, 0.3) is 0 Å². The maximum absolute atomic E-state index is 11.9. The summed E-state index contributed by atoms with van der Waals surface area (Å²) in [7, 11) is 0. The summed E-state index contributed by atoms with van der Waals surface area (Å²) < 4.78 is 0. The largest absolute Gasteiger partial charge is 0.327 e. The van der Waals surface area contributed by atoms with Crippen molar-refractivity contribution < 1.29 is 4.79 Å². The van der Waals surface area contributed by atoms with Crippen LogP contribution in [0.1, 0.15) is 45.3 Å². The van der Waals surface area contributed by atoms with Crippen LogP contribution in [-0.4, -0.2) is 16.8 Å². The maximum atomic E-state index is 11.9. The number of carbonyl (C=O) groups excluding carboxylic acids is 1. The standard InChI is InChI=1S/C13H22N2OS/c1-8(9(2)14)10(16)6-12-15-11(7-17-12)13(3,4)5/h7-9H,6,14H2,1-5H3. The summed E-state index contributed by atoms with van der Waals surface area (Å²) in [5.41, 5.74) is 6.83. The normalized spacial score (nSPS) is 15.6. The van der Waals surface area contributed by atoms with E-state index in [2.05, 4.69) is 25.8 Å². The Labute approximate surface area is 107 Å². The van der Waals surface area contributed by atoms with Gasteiger partial charge in [-0.25, -0.2) is 4.98 Å². The highest BCUT2D eigenvalue weighted by molar-refractivity contribution is 7.09. The lowest BCUT2D eigenvalue weighted by Crippen LogP contribution is -2.31. The van der Waals surface area contributed by atoms with Crippen molar-refractivity contribution in [2.45, 2.75) is 52.5 Å². The molecular weight excluding hydrogens is 232 g/mol. The van der Waals surface area contributed by atoms with Crippen LogP contribution in [0.2, 0.25) is 0 Å². The number of nitrogens with zero attached hydrogens (tertiary/aromatic N) is 1.